The molecule has 0 aromatic heterocycles. The molecule has 1 saturated heterocycles. The molecule has 0 aromatic rings. The molecule has 1 aliphatic rings. The molecule has 1 aliphatic heterocycles. The molecule has 0 radical (unpaired) electrons. The van der Waals surface area contributed by atoms with Gasteiger partial charge in [0.15, 0.2) is 5.96 Å². The number of carboxylic acid groups (broad SMARTS) is 1. The number of hydrogen-bond acceptors (Lipinski definition) is 8. The van der Waals surface area contributed by atoms with Gasteiger partial charge in [0.25, 0.3) is 0 Å². The van der Waals surface area contributed by atoms with Crippen LogP contribution in [0.3, 0.4) is 0 Å². The smallest absolute Gasteiger partial charge is 0.326 e. The minimum absolute atomic E-state index is 0.0408. The van der Waals surface area contributed by atoms with E-state index in [1.807, 2.05) is 6.26 Å². The van der Waals surface area contributed by atoms with Crippen molar-refractivity contribution in [1.82, 2.24) is 15.5 Å². The fraction of sp³-hybridized carbons (Fsp3) is 0.714. The summed E-state index contributed by atoms with van der Waals surface area (Å²) in [7, 11) is 0. The minimum atomic E-state index is -1.21. The van der Waals surface area contributed by atoms with Crippen LogP contribution in [0.15, 0.2) is 4.99 Å². The number of rotatable bonds is 16. The van der Waals surface area contributed by atoms with Gasteiger partial charge in [0.05, 0.1) is 6.04 Å². The lowest BCUT2D eigenvalue weighted by molar-refractivity contribution is -0.145. The largest absolute Gasteiger partial charge is 0.480 e. The second-order valence-corrected chi connectivity index (χ2v) is 9.48. The Bertz CT molecular complexity index is 822. The van der Waals surface area contributed by atoms with E-state index in [1.54, 1.807) is 0 Å². The van der Waals surface area contributed by atoms with E-state index in [9.17, 15) is 29.1 Å². The number of aliphatic imine (C=N–C) groups is 1. The van der Waals surface area contributed by atoms with Gasteiger partial charge in [-0.25, -0.2) is 4.79 Å². The number of nitrogens with two attached hydrogens (primary N) is 4. The highest BCUT2D eigenvalue weighted by molar-refractivity contribution is 7.98. The number of carboxylic acids is 1. The van der Waals surface area contributed by atoms with Gasteiger partial charge in [-0.1, -0.05) is 0 Å². The Morgan fingerprint density at radius 2 is 1.78 bits per heavy atom. The van der Waals surface area contributed by atoms with E-state index in [2.05, 4.69) is 15.6 Å². The topological polar surface area (TPSA) is 249 Å². The summed E-state index contributed by atoms with van der Waals surface area (Å²) in [6.45, 7) is 0.507. The summed E-state index contributed by atoms with van der Waals surface area (Å²) in [5.41, 5.74) is 21.4. The van der Waals surface area contributed by atoms with Crippen LogP contribution >= 0.6 is 11.8 Å². The molecule has 14 nitrogen and oxygen atoms in total. The standard InChI is InChI=1S/C21H38N8O6S/c1-36-11-8-13(27-17(31)12(22)6-7-16(23)30)19(33)29-10-3-5-15(29)18(32)28-14(20(34)35)4-2-9-26-21(24)25/h12-15H,2-11,22H2,1H3,(H2,23,30)(H,27,31)(H,28,32)(H,34,35)(H4,24,25,26). The molecule has 4 unspecified atom stereocenters. The normalized spacial score (nSPS) is 17.5. The molecule has 36 heavy (non-hydrogen) atoms. The lowest BCUT2D eigenvalue weighted by Gasteiger charge is -2.30. The first-order valence-corrected chi connectivity index (χ1v) is 13.1. The van der Waals surface area contributed by atoms with Crippen LogP contribution in [0.25, 0.3) is 0 Å². The summed E-state index contributed by atoms with van der Waals surface area (Å²) in [6.07, 6.45) is 3.49. The van der Waals surface area contributed by atoms with Crippen LogP contribution in [0.4, 0.5) is 0 Å². The number of carbonyl (C=O) groups is 5. The Balaban J connectivity index is 2.86. The summed E-state index contributed by atoms with van der Waals surface area (Å²) in [5, 5.41) is 14.6. The van der Waals surface area contributed by atoms with Crippen molar-refractivity contribution in [2.24, 2.45) is 27.9 Å². The molecular formula is C21H38N8O6S. The van der Waals surface area contributed by atoms with Gasteiger partial charge in [0.2, 0.25) is 23.6 Å². The van der Waals surface area contributed by atoms with Crippen molar-refractivity contribution >= 4 is 47.3 Å². The van der Waals surface area contributed by atoms with Gasteiger partial charge in [0.1, 0.15) is 18.1 Å². The summed E-state index contributed by atoms with van der Waals surface area (Å²) >= 11 is 1.49. The molecule has 11 N–H and O–H groups in total. The van der Waals surface area contributed by atoms with Gasteiger partial charge in [0, 0.05) is 19.5 Å². The third-order valence-electron chi connectivity index (χ3n) is 5.66. The number of nitrogens with one attached hydrogen (secondary N) is 2. The van der Waals surface area contributed by atoms with Crippen molar-refractivity contribution in [1.29, 1.82) is 0 Å². The first-order chi connectivity index (χ1) is 17.0. The lowest BCUT2D eigenvalue weighted by Crippen LogP contribution is -2.57. The predicted octanol–water partition coefficient (Wildman–Crippen LogP) is -2.57. The van der Waals surface area contributed by atoms with Gasteiger partial charge < -0.3 is 43.6 Å². The zero-order valence-electron chi connectivity index (χ0n) is 20.5. The first-order valence-electron chi connectivity index (χ1n) is 11.7. The van der Waals surface area contributed by atoms with Crippen molar-refractivity contribution in [3.63, 3.8) is 0 Å². The monoisotopic (exact) mass is 530 g/mol. The number of carbonyl (C=O) groups excluding carboxylic acids is 4. The van der Waals surface area contributed by atoms with E-state index in [0.29, 0.717) is 38.0 Å². The Morgan fingerprint density at radius 1 is 1.08 bits per heavy atom. The second kappa shape index (κ2) is 15.8. The molecule has 1 rings (SSSR count). The third-order valence-corrected chi connectivity index (χ3v) is 6.31. The maximum absolute atomic E-state index is 13.3. The van der Waals surface area contributed by atoms with Gasteiger partial charge in [-0.05, 0) is 50.5 Å². The fourth-order valence-electron chi connectivity index (χ4n) is 3.73. The van der Waals surface area contributed by atoms with E-state index < -0.39 is 53.8 Å². The highest BCUT2D eigenvalue weighted by Gasteiger charge is 2.39. The Labute approximate surface area is 214 Å². The van der Waals surface area contributed by atoms with Crippen molar-refractivity contribution in [3.05, 3.63) is 0 Å². The Kier molecular flexibility index (Phi) is 13.6. The highest BCUT2D eigenvalue weighted by Crippen LogP contribution is 2.20. The molecule has 4 atom stereocenters. The summed E-state index contributed by atoms with van der Waals surface area (Å²) in [6, 6.07) is -3.98. The van der Waals surface area contributed by atoms with Gasteiger partial charge in [-0.3, -0.25) is 24.2 Å². The van der Waals surface area contributed by atoms with Crippen molar-refractivity contribution in [2.45, 2.75) is 69.1 Å². The van der Waals surface area contributed by atoms with Crippen molar-refractivity contribution in [2.75, 3.05) is 25.1 Å². The number of guanidine groups is 1. The predicted molar refractivity (Wildman–Crippen MR) is 136 cm³/mol. The number of likely N-dealkylation sites (tertiary alicyclic amines) is 1. The van der Waals surface area contributed by atoms with Crippen LogP contribution in [0.5, 0.6) is 0 Å². The average Bonchev–Trinajstić information content (AvgIpc) is 3.31. The molecule has 15 heteroatoms. The Morgan fingerprint density at radius 3 is 2.36 bits per heavy atom. The van der Waals surface area contributed by atoms with Crippen LogP contribution in [-0.2, 0) is 24.0 Å². The highest BCUT2D eigenvalue weighted by atomic mass is 32.2. The first kappa shape index (κ1) is 31.0. The number of aliphatic carboxylic acids is 1. The molecule has 0 spiro atoms. The summed E-state index contributed by atoms with van der Waals surface area (Å²) in [5.74, 6) is -2.96. The average molecular weight is 531 g/mol. The molecule has 204 valence electrons. The summed E-state index contributed by atoms with van der Waals surface area (Å²) in [4.78, 5) is 66.6. The zero-order chi connectivity index (χ0) is 27.3. The van der Waals surface area contributed by atoms with Crippen LogP contribution < -0.4 is 33.6 Å². The maximum Gasteiger partial charge on any atom is 0.326 e. The summed E-state index contributed by atoms with van der Waals surface area (Å²) < 4.78 is 0. The van der Waals surface area contributed by atoms with Crippen LogP contribution in [-0.4, -0.2) is 94.8 Å². The second-order valence-electron chi connectivity index (χ2n) is 8.49. The van der Waals surface area contributed by atoms with E-state index >= 15 is 0 Å². The number of hydrogen-bond donors (Lipinski definition) is 7. The minimum Gasteiger partial charge on any atom is -0.480 e. The van der Waals surface area contributed by atoms with Crippen LogP contribution in [0.1, 0.15) is 44.9 Å². The van der Waals surface area contributed by atoms with E-state index in [0.717, 1.165) is 0 Å². The molecule has 0 bridgehead atoms. The molecule has 1 fully saturated rings. The number of thioether (sulfide) groups is 1. The van der Waals surface area contributed by atoms with Gasteiger partial charge in [-0.2, -0.15) is 11.8 Å². The number of nitrogens with zero attached hydrogens (tertiary/aromatic N) is 2. The SMILES string of the molecule is CSCCC(NC(=O)C(N)CCC(N)=O)C(=O)N1CCCC1C(=O)NC(CCCN=C(N)N)C(=O)O. The van der Waals surface area contributed by atoms with Crippen molar-refractivity contribution < 1.29 is 29.1 Å². The Hall–Kier alpha value is -3.07. The van der Waals surface area contributed by atoms with Gasteiger partial charge in [-0.15, -0.1) is 0 Å². The molecular weight excluding hydrogens is 492 g/mol. The number of primary amides is 1. The van der Waals surface area contributed by atoms with E-state index in [4.69, 9.17) is 22.9 Å². The number of amides is 4. The molecule has 0 aliphatic carbocycles. The quantitative estimate of drug-likeness (QED) is 0.0624. The maximum atomic E-state index is 13.3. The molecule has 1 heterocycles. The molecule has 4 amide bonds. The van der Waals surface area contributed by atoms with E-state index in [-0.39, 0.29) is 31.8 Å². The van der Waals surface area contributed by atoms with Crippen molar-refractivity contribution in [3.8, 4) is 0 Å². The lowest BCUT2D eigenvalue weighted by atomic mass is 10.1. The van der Waals surface area contributed by atoms with Crippen LogP contribution in [0, 0.1) is 0 Å². The molecule has 0 saturated carbocycles. The van der Waals surface area contributed by atoms with Gasteiger partial charge >= 0.3 is 5.97 Å². The zero-order valence-corrected chi connectivity index (χ0v) is 21.3. The molecule has 0 aromatic carbocycles. The third kappa shape index (κ3) is 10.7. The van der Waals surface area contributed by atoms with E-state index in [1.165, 1.54) is 16.7 Å². The van der Waals surface area contributed by atoms with Crippen LogP contribution in [0.2, 0.25) is 0 Å². The fourth-order valence-corrected chi connectivity index (χ4v) is 4.20.